The maximum Gasteiger partial charge on any atom is 0.312 e. The third-order valence-corrected chi connectivity index (χ3v) is 5.99. The van der Waals surface area contributed by atoms with Crippen LogP contribution < -0.4 is 20.5 Å². The van der Waals surface area contributed by atoms with Gasteiger partial charge in [-0.3, -0.25) is 4.57 Å². The number of nitrogens with one attached hydrogen (secondary N) is 1. The summed E-state index contributed by atoms with van der Waals surface area (Å²) in [5.74, 6) is -1.50. The van der Waals surface area contributed by atoms with E-state index in [9.17, 15) is 13.6 Å². The van der Waals surface area contributed by atoms with Crippen molar-refractivity contribution in [3.8, 4) is 11.8 Å². The Labute approximate surface area is 185 Å². The number of carbonyl (C=O) groups is 1. The number of benzene rings is 1. The summed E-state index contributed by atoms with van der Waals surface area (Å²) in [6.45, 7) is 2.71. The molecule has 2 fully saturated rings. The van der Waals surface area contributed by atoms with Gasteiger partial charge >= 0.3 is 6.03 Å². The van der Waals surface area contributed by atoms with E-state index in [-0.39, 0.29) is 41.0 Å². The van der Waals surface area contributed by atoms with Crippen LogP contribution in [0.4, 0.5) is 13.6 Å². The molecule has 4 rings (SSSR count). The van der Waals surface area contributed by atoms with E-state index in [4.69, 9.17) is 19.9 Å². The Morgan fingerprint density at radius 2 is 1.94 bits per heavy atom. The zero-order valence-electron chi connectivity index (χ0n) is 18.4. The van der Waals surface area contributed by atoms with Crippen LogP contribution in [0.3, 0.4) is 0 Å². The maximum atomic E-state index is 14.9. The summed E-state index contributed by atoms with van der Waals surface area (Å²) >= 11 is 0. The molecule has 0 radical (unpaired) electrons. The molecule has 2 amide bonds. The van der Waals surface area contributed by atoms with E-state index in [0.717, 1.165) is 38.5 Å². The Balaban J connectivity index is 1.30. The Hall–Kier alpha value is -2.62. The van der Waals surface area contributed by atoms with Crippen molar-refractivity contribution in [2.45, 2.75) is 63.7 Å². The first-order valence-electron chi connectivity index (χ1n) is 11.1. The van der Waals surface area contributed by atoms with E-state index in [1.165, 1.54) is 10.6 Å². The lowest BCUT2D eigenvalue weighted by molar-refractivity contribution is 0.00504. The second-order valence-corrected chi connectivity index (χ2v) is 8.84. The molecule has 0 bridgehead atoms. The number of carbonyl (C=O) groups excluding carboxylic acids is 1. The summed E-state index contributed by atoms with van der Waals surface area (Å²) in [5.41, 5.74) is 5.49. The van der Waals surface area contributed by atoms with E-state index >= 15 is 0 Å². The van der Waals surface area contributed by atoms with Gasteiger partial charge in [0.05, 0.1) is 37.0 Å². The summed E-state index contributed by atoms with van der Waals surface area (Å²) in [7, 11) is 1.65. The van der Waals surface area contributed by atoms with Gasteiger partial charge in [0, 0.05) is 13.1 Å². The zero-order chi connectivity index (χ0) is 22.8. The van der Waals surface area contributed by atoms with Gasteiger partial charge in [0.15, 0.2) is 17.4 Å². The van der Waals surface area contributed by atoms with Gasteiger partial charge in [-0.25, -0.2) is 13.6 Å². The average Bonchev–Trinajstić information content (AvgIpc) is 3.51. The Bertz CT molecular complexity index is 971. The van der Waals surface area contributed by atoms with Crippen molar-refractivity contribution in [3.05, 3.63) is 17.7 Å². The molecule has 1 heterocycles. The average molecular weight is 453 g/mol. The number of aryl methyl sites for hydroxylation is 1. The largest absolute Gasteiger partial charge is 0.484 e. The van der Waals surface area contributed by atoms with Crippen molar-refractivity contribution in [1.29, 1.82) is 0 Å². The summed E-state index contributed by atoms with van der Waals surface area (Å²) in [6.07, 6.45) is 5.29. The quantitative estimate of drug-likeness (QED) is 0.607. The van der Waals surface area contributed by atoms with Crippen LogP contribution in [-0.2, 0) is 11.8 Å². The van der Waals surface area contributed by atoms with Crippen LogP contribution in [0.2, 0.25) is 0 Å². The monoisotopic (exact) mass is 452 g/mol. The number of halogens is 2. The molecule has 2 aromatic rings. The normalized spacial score (nSPS) is 22.0. The minimum Gasteiger partial charge on any atom is -0.484 e. The van der Waals surface area contributed by atoms with Gasteiger partial charge in [-0.2, -0.15) is 4.98 Å². The van der Waals surface area contributed by atoms with E-state index < -0.39 is 17.7 Å². The fourth-order valence-corrected chi connectivity index (χ4v) is 4.07. The Morgan fingerprint density at radius 1 is 1.25 bits per heavy atom. The van der Waals surface area contributed by atoms with Gasteiger partial charge < -0.3 is 25.3 Å². The smallest absolute Gasteiger partial charge is 0.312 e. The fraction of sp³-hybridized carbons (Fsp3) is 0.636. The summed E-state index contributed by atoms with van der Waals surface area (Å²) in [4.78, 5) is 15.1. The number of fused-ring (bicyclic) bond motifs is 1. The van der Waals surface area contributed by atoms with Crippen LogP contribution in [0.15, 0.2) is 6.07 Å². The number of aromatic nitrogens is 2. The van der Waals surface area contributed by atoms with Crippen molar-refractivity contribution in [1.82, 2.24) is 14.9 Å². The minimum atomic E-state index is -0.745. The number of ether oxygens (including phenoxy) is 3. The van der Waals surface area contributed by atoms with Crippen LogP contribution in [0, 0.1) is 17.6 Å². The number of primary amides is 1. The number of imidazole rings is 1. The standard InChI is InChI=1S/C22H30F2N4O4/c1-12(26-21(25)29)10-30-14-5-3-13(4-6-14)11-31-22-27-17-9-16(23)20(32-15-7-8-15)18(24)19(17)28(22)2/h9,12-15H,3-8,10-11H2,1-2H3,(H3,25,26,29)/t12-,13?,14?/m0/s1. The molecule has 0 saturated heterocycles. The molecule has 1 atom stereocenters. The molecule has 176 valence electrons. The molecule has 32 heavy (non-hydrogen) atoms. The first kappa shape index (κ1) is 22.6. The summed E-state index contributed by atoms with van der Waals surface area (Å²) in [6, 6.07) is 0.760. The predicted octanol–water partition coefficient (Wildman–Crippen LogP) is 3.40. The molecule has 8 nitrogen and oxygen atoms in total. The lowest BCUT2D eigenvalue weighted by atomic mass is 9.88. The molecule has 2 aliphatic carbocycles. The van der Waals surface area contributed by atoms with Gasteiger partial charge in [0.1, 0.15) is 5.52 Å². The number of nitrogens with two attached hydrogens (primary N) is 1. The van der Waals surface area contributed by atoms with Crippen LogP contribution in [0.1, 0.15) is 45.4 Å². The molecule has 0 spiro atoms. The molecule has 1 aromatic carbocycles. The van der Waals surface area contributed by atoms with Crippen molar-refractivity contribution in [3.63, 3.8) is 0 Å². The molecule has 1 aromatic heterocycles. The summed E-state index contributed by atoms with van der Waals surface area (Å²) in [5, 5.41) is 2.60. The predicted molar refractivity (Wildman–Crippen MR) is 114 cm³/mol. The van der Waals surface area contributed by atoms with Gasteiger partial charge in [-0.05, 0) is 51.4 Å². The highest BCUT2D eigenvalue weighted by Gasteiger charge is 2.29. The zero-order valence-corrected chi connectivity index (χ0v) is 18.4. The second kappa shape index (κ2) is 9.48. The molecular weight excluding hydrogens is 422 g/mol. The van der Waals surface area contributed by atoms with Gasteiger partial charge in [-0.15, -0.1) is 0 Å². The number of rotatable bonds is 9. The van der Waals surface area contributed by atoms with Crippen LogP contribution >= 0.6 is 0 Å². The van der Waals surface area contributed by atoms with Gasteiger partial charge in [-0.1, -0.05) is 0 Å². The molecule has 2 saturated carbocycles. The summed E-state index contributed by atoms with van der Waals surface area (Å²) < 4.78 is 47.9. The molecule has 0 unspecified atom stereocenters. The van der Waals surface area contributed by atoms with E-state index in [1.54, 1.807) is 7.05 Å². The van der Waals surface area contributed by atoms with Crippen LogP contribution in [-0.4, -0.2) is 47.0 Å². The fourth-order valence-electron chi connectivity index (χ4n) is 4.07. The third-order valence-electron chi connectivity index (χ3n) is 5.99. The number of urea groups is 1. The van der Waals surface area contributed by atoms with Crippen molar-refractivity contribution >= 4 is 17.1 Å². The second-order valence-electron chi connectivity index (χ2n) is 8.84. The van der Waals surface area contributed by atoms with Gasteiger partial charge in [0.2, 0.25) is 0 Å². The maximum absolute atomic E-state index is 14.9. The molecular formula is C22H30F2N4O4. The highest BCUT2D eigenvalue weighted by Crippen LogP contribution is 2.36. The molecule has 0 aliphatic heterocycles. The van der Waals surface area contributed by atoms with Crippen LogP contribution in [0.5, 0.6) is 11.8 Å². The van der Waals surface area contributed by atoms with E-state index in [1.807, 2.05) is 6.92 Å². The number of amides is 2. The van der Waals surface area contributed by atoms with Crippen molar-refractivity contribution in [2.75, 3.05) is 13.2 Å². The molecule has 2 aliphatic rings. The van der Waals surface area contributed by atoms with Gasteiger partial charge in [0.25, 0.3) is 6.01 Å². The number of hydrogen-bond acceptors (Lipinski definition) is 5. The Kier molecular flexibility index (Phi) is 6.68. The Morgan fingerprint density at radius 3 is 2.59 bits per heavy atom. The first-order valence-corrected chi connectivity index (χ1v) is 11.1. The third kappa shape index (κ3) is 5.23. The lowest BCUT2D eigenvalue weighted by Crippen LogP contribution is -2.40. The molecule has 3 N–H and O–H groups in total. The number of hydrogen-bond donors (Lipinski definition) is 2. The van der Waals surface area contributed by atoms with Crippen molar-refractivity contribution in [2.24, 2.45) is 18.7 Å². The highest BCUT2D eigenvalue weighted by molar-refractivity contribution is 5.79. The van der Waals surface area contributed by atoms with Crippen molar-refractivity contribution < 1.29 is 27.8 Å². The lowest BCUT2D eigenvalue weighted by Gasteiger charge is -2.29. The SMILES string of the molecule is C[C@@H](COC1CCC(COc2nc3cc(F)c(OC4CC4)c(F)c3n2C)CC1)NC(N)=O. The van der Waals surface area contributed by atoms with E-state index in [2.05, 4.69) is 10.3 Å². The topological polar surface area (TPSA) is 101 Å². The highest BCUT2D eigenvalue weighted by atomic mass is 19.1. The first-order chi connectivity index (χ1) is 15.3. The minimum absolute atomic E-state index is 0.109. The van der Waals surface area contributed by atoms with E-state index in [0.29, 0.717) is 19.1 Å². The molecule has 10 heteroatoms. The van der Waals surface area contributed by atoms with Crippen LogP contribution in [0.25, 0.3) is 11.0 Å². The number of nitrogens with zero attached hydrogens (tertiary/aromatic N) is 2.